The molecule has 0 spiro atoms. The van der Waals surface area contributed by atoms with Crippen LogP contribution in [0.15, 0.2) is 54.6 Å². The number of hydrogen-bond acceptors (Lipinski definition) is 4. The molecule has 0 radical (unpaired) electrons. The summed E-state index contributed by atoms with van der Waals surface area (Å²) in [6.07, 6.45) is 1.77. The van der Waals surface area contributed by atoms with Crippen LogP contribution in [-0.4, -0.2) is 37.1 Å². The summed E-state index contributed by atoms with van der Waals surface area (Å²) < 4.78 is 10.3. The van der Waals surface area contributed by atoms with Crippen LogP contribution >= 0.6 is 0 Å². The van der Waals surface area contributed by atoms with Crippen molar-refractivity contribution >= 4 is 11.8 Å². The molecule has 5 heteroatoms. The molecule has 2 N–H and O–H groups in total. The van der Waals surface area contributed by atoms with Crippen LogP contribution in [0.4, 0.5) is 10.5 Å². The van der Waals surface area contributed by atoms with Gasteiger partial charge in [-0.3, -0.25) is 5.32 Å². The zero-order valence-electron chi connectivity index (χ0n) is 13.9. The van der Waals surface area contributed by atoms with Gasteiger partial charge in [0.2, 0.25) is 0 Å². The van der Waals surface area contributed by atoms with Crippen molar-refractivity contribution < 1.29 is 19.4 Å². The fraction of sp³-hybridized carbons (Fsp3) is 0.389. The number of hydrogen-bond donors (Lipinski definition) is 2. The van der Waals surface area contributed by atoms with Gasteiger partial charge in [0.05, 0.1) is 6.10 Å². The van der Waals surface area contributed by atoms with Crippen molar-refractivity contribution in [3.63, 3.8) is 0 Å². The lowest BCUT2D eigenvalue weighted by atomic mass is 9.97. The van der Waals surface area contributed by atoms with E-state index in [2.05, 4.69) is 11.9 Å². The average Bonchev–Trinajstić information content (AvgIpc) is 2.55. The maximum Gasteiger partial charge on any atom is 0.411 e. The Morgan fingerprint density at radius 1 is 1.39 bits per heavy atom. The van der Waals surface area contributed by atoms with Crippen LogP contribution in [-0.2, 0) is 9.47 Å². The van der Waals surface area contributed by atoms with Gasteiger partial charge in [0.15, 0.2) is 0 Å². The van der Waals surface area contributed by atoms with Crippen LogP contribution in [0.25, 0.3) is 0 Å². The second kappa shape index (κ2) is 9.82. The van der Waals surface area contributed by atoms with Gasteiger partial charge in [-0.05, 0) is 24.6 Å². The van der Waals surface area contributed by atoms with Crippen LogP contribution in [0.1, 0.15) is 13.8 Å². The molecule has 3 atom stereocenters. The van der Waals surface area contributed by atoms with E-state index in [-0.39, 0.29) is 12.5 Å². The summed E-state index contributed by atoms with van der Waals surface area (Å²) in [4.78, 5) is 11.7. The van der Waals surface area contributed by atoms with Crippen molar-refractivity contribution in [2.24, 2.45) is 5.92 Å². The third kappa shape index (κ3) is 6.67. The number of para-hydroxylation sites is 1. The minimum atomic E-state index is -0.703. The Morgan fingerprint density at radius 2 is 2.04 bits per heavy atom. The van der Waals surface area contributed by atoms with E-state index in [0.29, 0.717) is 5.69 Å². The molecule has 5 nitrogen and oxygen atoms in total. The van der Waals surface area contributed by atoms with Gasteiger partial charge >= 0.3 is 6.09 Å². The Kier molecular flexibility index (Phi) is 8.08. The lowest BCUT2D eigenvalue weighted by molar-refractivity contribution is -0.00161. The monoisotopic (exact) mass is 319 g/mol. The molecule has 1 rings (SSSR count). The quantitative estimate of drug-likeness (QED) is 0.721. The Bertz CT molecular complexity index is 527. The predicted octanol–water partition coefficient (Wildman–Crippen LogP) is 3.38. The fourth-order valence-corrected chi connectivity index (χ4v) is 2.12. The number of nitrogens with one attached hydrogen (secondary N) is 1. The molecular weight excluding hydrogens is 294 g/mol. The predicted molar refractivity (Wildman–Crippen MR) is 91.3 cm³/mol. The number of ether oxygens (including phenoxy) is 2. The van der Waals surface area contributed by atoms with Crippen molar-refractivity contribution in [1.29, 1.82) is 0 Å². The molecule has 0 aliphatic heterocycles. The zero-order valence-corrected chi connectivity index (χ0v) is 13.9. The minimum Gasteiger partial charge on any atom is -0.445 e. The normalized spacial score (nSPS) is 15.4. The van der Waals surface area contributed by atoms with Crippen LogP contribution in [0.5, 0.6) is 0 Å². The Morgan fingerprint density at radius 3 is 2.61 bits per heavy atom. The molecule has 0 saturated carbocycles. The van der Waals surface area contributed by atoms with Crippen molar-refractivity contribution in [2.75, 3.05) is 19.0 Å². The fourth-order valence-electron chi connectivity index (χ4n) is 2.12. The highest BCUT2D eigenvalue weighted by molar-refractivity contribution is 5.84. The summed E-state index contributed by atoms with van der Waals surface area (Å²) in [7, 11) is 1.52. The second-order valence-corrected chi connectivity index (χ2v) is 5.37. The largest absolute Gasteiger partial charge is 0.445 e. The first-order valence-corrected chi connectivity index (χ1v) is 7.47. The Balaban J connectivity index is 2.47. The Labute approximate surface area is 137 Å². The third-order valence-electron chi connectivity index (χ3n) is 3.38. The van der Waals surface area contributed by atoms with Gasteiger partial charge in [-0.15, -0.1) is 6.58 Å². The topological polar surface area (TPSA) is 67.8 Å². The average molecular weight is 319 g/mol. The van der Waals surface area contributed by atoms with E-state index in [0.717, 1.165) is 5.57 Å². The number of rotatable bonds is 8. The highest BCUT2D eigenvalue weighted by Gasteiger charge is 2.20. The van der Waals surface area contributed by atoms with Gasteiger partial charge in [-0.25, -0.2) is 4.79 Å². The van der Waals surface area contributed by atoms with E-state index < -0.39 is 18.3 Å². The van der Waals surface area contributed by atoms with E-state index in [4.69, 9.17) is 9.47 Å². The first kappa shape index (κ1) is 18.9. The van der Waals surface area contributed by atoms with E-state index >= 15 is 0 Å². The molecule has 1 amide bonds. The summed E-state index contributed by atoms with van der Waals surface area (Å²) in [5.41, 5.74) is 1.52. The lowest BCUT2D eigenvalue weighted by Crippen LogP contribution is -2.31. The van der Waals surface area contributed by atoms with Crippen molar-refractivity contribution in [3.8, 4) is 0 Å². The van der Waals surface area contributed by atoms with Crippen molar-refractivity contribution in [1.82, 2.24) is 0 Å². The highest BCUT2D eigenvalue weighted by atomic mass is 16.5. The maximum absolute atomic E-state index is 11.7. The molecule has 0 aromatic heterocycles. The molecule has 126 valence electrons. The number of carbonyl (C=O) groups excluding carboxylic acids is 1. The summed E-state index contributed by atoms with van der Waals surface area (Å²) in [5, 5.41) is 12.8. The third-order valence-corrected chi connectivity index (χ3v) is 3.38. The number of anilines is 1. The molecular formula is C18H25NO4. The summed E-state index contributed by atoms with van der Waals surface area (Å²) in [6, 6.07) is 9.09. The number of aliphatic hydroxyl groups excluding tert-OH is 1. The minimum absolute atomic E-state index is 0.154. The molecule has 1 aromatic carbocycles. The smallest absolute Gasteiger partial charge is 0.411 e. The second-order valence-electron chi connectivity index (χ2n) is 5.37. The number of carbonyl (C=O) groups is 1. The summed E-state index contributed by atoms with van der Waals surface area (Å²) in [5.74, 6) is -0.154. The van der Waals surface area contributed by atoms with E-state index in [1.807, 2.05) is 38.1 Å². The zero-order chi connectivity index (χ0) is 17.2. The number of benzene rings is 1. The molecule has 0 fully saturated rings. The van der Waals surface area contributed by atoms with Crippen LogP contribution in [0, 0.1) is 5.92 Å². The molecule has 0 heterocycles. The van der Waals surface area contributed by atoms with E-state index in [1.165, 1.54) is 7.11 Å². The van der Waals surface area contributed by atoms with Gasteiger partial charge in [0.1, 0.15) is 12.7 Å². The molecule has 0 saturated heterocycles. The number of aliphatic hydroxyl groups is 1. The molecule has 0 unspecified atom stereocenters. The van der Waals surface area contributed by atoms with Gasteiger partial charge in [0.25, 0.3) is 0 Å². The van der Waals surface area contributed by atoms with Gasteiger partial charge in [0, 0.05) is 18.7 Å². The van der Waals surface area contributed by atoms with Gasteiger partial charge < -0.3 is 14.6 Å². The molecule has 0 aliphatic rings. The first-order chi connectivity index (χ1) is 11.0. The molecule has 0 aliphatic carbocycles. The van der Waals surface area contributed by atoms with E-state index in [9.17, 15) is 9.90 Å². The van der Waals surface area contributed by atoms with Crippen LogP contribution < -0.4 is 5.32 Å². The standard InChI is InChI=1S/C18H25NO4/c1-5-16(22-4)17(20)14(3)11-13(2)12-23-18(21)19-15-9-7-6-8-10-15/h5-11,14,16-17,20H,1,12H2,2-4H3,(H,19,21)/b13-11-/t14-,16+,17+/m1/s1. The van der Waals surface area contributed by atoms with Crippen molar-refractivity contribution in [3.05, 3.63) is 54.6 Å². The summed E-state index contributed by atoms with van der Waals surface area (Å²) in [6.45, 7) is 7.50. The summed E-state index contributed by atoms with van der Waals surface area (Å²) >= 11 is 0. The van der Waals surface area contributed by atoms with Gasteiger partial charge in [-0.2, -0.15) is 0 Å². The lowest BCUT2D eigenvalue weighted by Gasteiger charge is -2.22. The first-order valence-electron chi connectivity index (χ1n) is 7.47. The van der Waals surface area contributed by atoms with Crippen molar-refractivity contribution in [2.45, 2.75) is 26.1 Å². The van der Waals surface area contributed by atoms with Gasteiger partial charge in [-0.1, -0.05) is 37.3 Å². The van der Waals surface area contributed by atoms with Crippen LogP contribution in [0.3, 0.4) is 0 Å². The SMILES string of the molecule is C=C[C@H](OC)[C@@H](O)[C@H](C)/C=C(/C)COC(=O)Nc1ccccc1. The highest BCUT2D eigenvalue weighted by Crippen LogP contribution is 2.14. The number of methoxy groups -OCH3 is 1. The molecule has 0 bridgehead atoms. The molecule has 1 aromatic rings. The van der Waals surface area contributed by atoms with E-state index in [1.54, 1.807) is 18.2 Å². The Hall–Kier alpha value is -2.11. The van der Waals surface area contributed by atoms with Crippen LogP contribution in [0.2, 0.25) is 0 Å². The molecule has 23 heavy (non-hydrogen) atoms. The number of amides is 1. The maximum atomic E-state index is 11.7.